The molecule has 1 aromatic rings. The first-order valence-corrected chi connectivity index (χ1v) is 7.12. The van der Waals surface area contributed by atoms with Crippen LogP contribution in [0.3, 0.4) is 0 Å². The van der Waals surface area contributed by atoms with Gasteiger partial charge in [0.1, 0.15) is 5.75 Å². The summed E-state index contributed by atoms with van der Waals surface area (Å²) < 4.78 is 6.04. The molecule has 1 amide bonds. The van der Waals surface area contributed by atoms with Crippen molar-refractivity contribution in [1.29, 1.82) is 0 Å². The average Bonchev–Trinajstić information content (AvgIpc) is 2.42. The fraction of sp³-hybridized carbons (Fsp3) is 0.500. The molecular weight excluding hydrogens is 310 g/mol. The predicted octanol–water partition coefficient (Wildman–Crippen LogP) is 2.28. The Morgan fingerprint density at radius 1 is 1.53 bits per heavy atom. The summed E-state index contributed by atoms with van der Waals surface area (Å²) in [5.74, 6) is 0.743. The van der Waals surface area contributed by atoms with E-state index in [4.69, 9.17) is 9.84 Å². The van der Waals surface area contributed by atoms with Crippen molar-refractivity contribution in [2.75, 3.05) is 13.7 Å². The first-order chi connectivity index (χ1) is 9.10. The standard InChI is InChI=1S/C14H20BrNO3/c1-3-11(9-17)16-14(18)7-5-10-4-6-13(19-2)12(15)8-10/h4,6,8,11,17H,3,5,7,9H2,1-2H3,(H,16,18)/t11-/m0/s1. The second kappa shape index (κ2) is 8.17. The van der Waals surface area contributed by atoms with Gasteiger partial charge in [-0.2, -0.15) is 0 Å². The molecule has 0 saturated heterocycles. The number of amides is 1. The summed E-state index contributed by atoms with van der Waals surface area (Å²) in [4.78, 5) is 11.7. The minimum atomic E-state index is -0.143. The summed E-state index contributed by atoms with van der Waals surface area (Å²) in [6.07, 6.45) is 1.81. The number of nitrogens with one attached hydrogen (secondary N) is 1. The third kappa shape index (κ3) is 5.20. The number of carbonyl (C=O) groups is 1. The molecule has 4 nitrogen and oxygen atoms in total. The number of aryl methyl sites for hydroxylation is 1. The van der Waals surface area contributed by atoms with Gasteiger partial charge < -0.3 is 15.2 Å². The van der Waals surface area contributed by atoms with Gasteiger partial charge in [-0.1, -0.05) is 13.0 Å². The van der Waals surface area contributed by atoms with Crippen molar-refractivity contribution >= 4 is 21.8 Å². The van der Waals surface area contributed by atoms with Crippen molar-refractivity contribution < 1.29 is 14.6 Å². The van der Waals surface area contributed by atoms with E-state index in [1.54, 1.807) is 7.11 Å². The molecular formula is C14H20BrNO3. The Balaban J connectivity index is 2.48. The van der Waals surface area contributed by atoms with Crippen molar-refractivity contribution in [3.63, 3.8) is 0 Å². The lowest BCUT2D eigenvalue weighted by molar-refractivity contribution is -0.122. The molecule has 1 atom stereocenters. The van der Waals surface area contributed by atoms with Crippen LogP contribution in [0.4, 0.5) is 0 Å². The molecule has 5 heteroatoms. The van der Waals surface area contributed by atoms with Crippen molar-refractivity contribution in [1.82, 2.24) is 5.32 Å². The van der Waals surface area contributed by atoms with Crippen molar-refractivity contribution in [3.05, 3.63) is 28.2 Å². The van der Waals surface area contributed by atoms with E-state index in [1.165, 1.54) is 0 Å². The van der Waals surface area contributed by atoms with Crippen molar-refractivity contribution in [2.24, 2.45) is 0 Å². The van der Waals surface area contributed by atoms with Gasteiger partial charge in [-0.25, -0.2) is 0 Å². The van der Waals surface area contributed by atoms with Gasteiger partial charge in [0.15, 0.2) is 0 Å². The number of carbonyl (C=O) groups excluding carboxylic acids is 1. The number of benzene rings is 1. The monoisotopic (exact) mass is 329 g/mol. The molecule has 0 saturated carbocycles. The van der Waals surface area contributed by atoms with Crippen LogP contribution in [0.15, 0.2) is 22.7 Å². The molecule has 0 aliphatic heterocycles. The van der Waals surface area contributed by atoms with E-state index in [0.717, 1.165) is 22.2 Å². The molecule has 0 aliphatic carbocycles. The molecule has 0 aliphatic rings. The minimum Gasteiger partial charge on any atom is -0.496 e. The molecule has 0 spiro atoms. The molecule has 0 radical (unpaired) electrons. The van der Waals surface area contributed by atoms with Gasteiger partial charge in [0, 0.05) is 6.42 Å². The Morgan fingerprint density at radius 3 is 2.79 bits per heavy atom. The lowest BCUT2D eigenvalue weighted by atomic mass is 10.1. The highest BCUT2D eigenvalue weighted by atomic mass is 79.9. The summed E-state index contributed by atoms with van der Waals surface area (Å²) in [5.41, 5.74) is 1.07. The van der Waals surface area contributed by atoms with Crippen LogP contribution >= 0.6 is 15.9 Å². The normalized spacial score (nSPS) is 12.0. The maximum atomic E-state index is 11.7. The molecule has 0 unspecified atom stereocenters. The van der Waals surface area contributed by atoms with E-state index >= 15 is 0 Å². The summed E-state index contributed by atoms with van der Waals surface area (Å²) >= 11 is 3.42. The Kier molecular flexibility index (Phi) is 6.87. The summed E-state index contributed by atoms with van der Waals surface area (Å²) in [6, 6.07) is 5.63. The highest BCUT2D eigenvalue weighted by Gasteiger charge is 2.09. The molecule has 1 rings (SSSR count). The third-order valence-corrected chi connectivity index (χ3v) is 3.55. The Morgan fingerprint density at radius 2 is 2.26 bits per heavy atom. The summed E-state index contributed by atoms with van der Waals surface area (Å²) in [5, 5.41) is 11.8. The molecule has 1 aromatic carbocycles. The first-order valence-electron chi connectivity index (χ1n) is 6.33. The molecule has 19 heavy (non-hydrogen) atoms. The largest absolute Gasteiger partial charge is 0.496 e. The van der Waals surface area contributed by atoms with Crippen LogP contribution in [0.2, 0.25) is 0 Å². The van der Waals surface area contributed by atoms with Crippen LogP contribution in [0, 0.1) is 0 Å². The number of rotatable bonds is 7. The maximum Gasteiger partial charge on any atom is 0.220 e. The number of hydrogen-bond acceptors (Lipinski definition) is 3. The maximum absolute atomic E-state index is 11.7. The highest BCUT2D eigenvalue weighted by Crippen LogP contribution is 2.25. The van der Waals surface area contributed by atoms with Crippen molar-refractivity contribution in [3.8, 4) is 5.75 Å². The lowest BCUT2D eigenvalue weighted by Gasteiger charge is -2.14. The summed E-state index contributed by atoms with van der Waals surface area (Å²) in [7, 11) is 1.62. The van der Waals surface area contributed by atoms with E-state index < -0.39 is 0 Å². The van der Waals surface area contributed by atoms with E-state index in [0.29, 0.717) is 12.8 Å². The second-order valence-corrected chi connectivity index (χ2v) is 5.18. The molecule has 0 heterocycles. The topological polar surface area (TPSA) is 58.6 Å². The van der Waals surface area contributed by atoms with Crippen LogP contribution in [-0.4, -0.2) is 30.8 Å². The van der Waals surface area contributed by atoms with Crippen LogP contribution in [0.25, 0.3) is 0 Å². The molecule has 2 N–H and O–H groups in total. The Hall–Kier alpha value is -1.07. The Bertz CT molecular complexity index is 419. The molecule has 0 fully saturated rings. The predicted molar refractivity (Wildman–Crippen MR) is 78.3 cm³/mol. The first kappa shape index (κ1) is 16.0. The molecule has 0 bridgehead atoms. The van der Waals surface area contributed by atoms with Crippen molar-refractivity contribution in [2.45, 2.75) is 32.2 Å². The summed E-state index contributed by atoms with van der Waals surface area (Å²) in [6.45, 7) is 1.91. The second-order valence-electron chi connectivity index (χ2n) is 4.32. The SMILES string of the molecule is CC[C@@H](CO)NC(=O)CCc1ccc(OC)c(Br)c1. The van der Waals surface area contributed by atoms with E-state index in [2.05, 4.69) is 21.2 Å². The van der Waals surface area contributed by atoms with Crippen LogP contribution in [0.5, 0.6) is 5.75 Å². The van der Waals surface area contributed by atoms with Gasteiger partial charge in [0.05, 0.1) is 24.2 Å². The zero-order valence-corrected chi connectivity index (χ0v) is 12.9. The quantitative estimate of drug-likeness (QED) is 0.806. The third-order valence-electron chi connectivity index (χ3n) is 2.94. The molecule has 0 aromatic heterocycles. The van der Waals surface area contributed by atoms with Crippen LogP contribution in [-0.2, 0) is 11.2 Å². The van der Waals surface area contributed by atoms with Crippen LogP contribution in [0.1, 0.15) is 25.3 Å². The van der Waals surface area contributed by atoms with Gasteiger partial charge >= 0.3 is 0 Å². The van der Waals surface area contributed by atoms with Gasteiger partial charge in [-0.15, -0.1) is 0 Å². The van der Waals surface area contributed by atoms with E-state index in [9.17, 15) is 4.79 Å². The van der Waals surface area contributed by atoms with E-state index in [-0.39, 0.29) is 18.6 Å². The smallest absolute Gasteiger partial charge is 0.220 e. The zero-order chi connectivity index (χ0) is 14.3. The fourth-order valence-corrected chi connectivity index (χ4v) is 2.29. The van der Waals surface area contributed by atoms with Crippen LogP contribution < -0.4 is 10.1 Å². The number of hydrogen-bond donors (Lipinski definition) is 2. The van der Waals surface area contributed by atoms with Gasteiger partial charge in [0.2, 0.25) is 5.91 Å². The number of ether oxygens (including phenoxy) is 1. The lowest BCUT2D eigenvalue weighted by Crippen LogP contribution is -2.37. The average molecular weight is 330 g/mol. The number of methoxy groups -OCH3 is 1. The number of halogens is 1. The van der Waals surface area contributed by atoms with E-state index in [1.807, 2.05) is 25.1 Å². The molecule has 106 valence electrons. The fourth-order valence-electron chi connectivity index (χ4n) is 1.70. The van der Waals surface area contributed by atoms with Gasteiger partial charge in [0.25, 0.3) is 0 Å². The van der Waals surface area contributed by atoms with Gasteiger partial charge in [-0.3, -0.25) is 4.79 Å². The minimum absolute atomic E-state index is 0.0175. The zero-order valence-electron chi connectivity index (χ0n) is 11.3. The van der Waals surface area contributed by atoms with Gasteiger partial charge in [-0.05, 0) is 46.5 Å². The Labute approximate surface area is 122 Å². The highest BCUT2D eigenvalue weighted by molar-refractivity contribution is 9.10. The number of aliphatic hydroxyl groups is 1. The number of aliphatic hydroxyl groups excluding tert-OH is 1.